The number of nitrogens with zero attached hydrogens (tertiary/aromatic N) is 3. The smallest absolute Gasteiger partial charge is 0.0384 e. The zero-order chi connectivity index (χ0) is 26.8. The summed E-state index contributed by atoms with van der Waals surface area (Å²) in [5, 5.41) is 6.74. The molecule has 196 valence electrons. The van der Waals surface area contributed by atoms with Crippen molar-refractivity contribution >= 4 is 5.57 Å². The SMILES string of the molecule is C=C(/C=C\C(=C/C)NC(=C)C(=C)c1cc(-c2cncc(CN3CCCC3)c2)ccc1C)NCCN(C)C. The highest BCUT2D eigenvalue weighted by atomic mass is 15.1. The molecule has 1 saturated heterocycles. The summed E-state index contributed by atoms with van der Waals surface area (Å²) in [6.45, 7) is 22.0. The lowest BCUT2D eigenvalue weighted by Gasteiger charge is -2.17. The van der Waals surface area contributed by atoms with Gasteiger partial charge in [-0.3, -0.25) is 9.88 Å². The van der Waals surface area contributed by atoms with Gasteiger partial charge in [0.05, 0.1) is 0 Å². The van der Waals surface area contributed by atoms with Gasteiger partial charge in [-0.05, 0) is 106 Å². The van der Waals surface area contributed by atoms with E-state index in [1.54, 1.807) is 0 Å². The molecule has 1 aliphatic rings. The van der Waals surface area contributed by atoms with Gasteiger partial charge in [-0.15, -0.1) is 0 Å². The van der Waals surface area contributed by atoms with E-state index in [4.69, 9.17) is 0 Å². The van der Waals surface area contributed by atoms with Crippen molar-refractivity contribution in [3.63, 3.8) is 0 Å². The third-order valence-corrected chi connectivity index (χ3v) is 6.64. The van der Waals surface area contributed by atoms with Gasteiger partial charge in [0, 0.05) is 54.7 Å². The van der Waals surface area contributed by atoms with Crippen LogP contribution in [0.2, 0.25) is 0 Å². The molecule has 0 bridgehead atoms. The molecule has 2 aromatic rings. The summed E-state index contributed by atoms with van der Waals surface area (Å²) in [5.41, 5.74) is 9.21. The molecule has 37 heavy (non-hydrogen) atoms. The highest BCUT2D eigenvalue weighted by Crippen LogP contribution is 2.29. The number of rotatable bonds is 13. The van der Waals surface area contributed by atoms with Gasteiger partial charge in [0.25, 0.3) is 0 Å². The molecular formula is C32H43N5. The third kappa shape index (κ3) is 8.59. The van der Waals surface area contributed by atoms with Crippen LogP contribution in [0.25, 0.3) is 16.7 Å². The predicted octanol–water partition coefficient (Wildman–Crippen LogP) is 5.89. The van der Waals surface area contributed by atoms with Gasteiger partial charge >= 0.3 is 0 Å². The fourth-order valence-corrected chi connectivity index (χ4v) is 4.37. The van der Waals surface area contributed by atoms with Crippen LogP contribution in [0.15, 0.2) is 91.7 Å². The van der Waals surface area contributed by atoms with Crippen molar-refractivity contribution in [3.05, 3.63) is 108 Å². The first-order valence-corrected chi connectivity index (χ1v) is 13.1. The fourth-order valence-electron chi connectivity index (χ4n) is 4.37. The van der Waals surface area contributed by atoms with E-state index in [1.807, 2.05) is 37.5 Å². The Morgan fingerprint density at radius 1 is 1.05 bits per heavy atom. The minimum absolute atomic E-state index is 0.769. The molecule has 0 spiro atoms. The van der Waals surface area contributed by atoms with Gasteiger partial charge in [0.15, 0.2) is 0 Å². The Morgan fingerprint density at radius 3 is 2.51 bits per heavy atom. The van der Waals surface area contributed by atoms with Gasteiger partial charge in [0.2, 0.25) is 0 Å². The van der Waals surface area contributed by atoms with Gasteiger partial charge in [-0.1, -0.05) is 37.9 Å². The summed E-state index contributed by atoms with van der Waals surface area (Å²) in [5.74, 6) is 0. The average molecular weight is 498 g/mol. The maximum atomic E-state index is 4.54. The van der Waals surface area contributed by atoms with Crippen LogP contribution < -0.4 is 10.6 Å². The first kappa shape index (κ1) is 28.2. The molecule has 0 saturated carbocycles. The lowest BCUT2D eigenvalue weighted by molar-refractivity contribution is 0.331. The molecule has 2 heterocycles. The Labute approximate surface area is 224 Å². The second-order valence-corrected chi connectivity index (χ2v) is 10.0. The maximum Gasteiger partial charge on any atom is 0.0384 e. The van der Waals surface area contributed by atoms with E-state index in [1.165, 1.54) is 31.5 Å². The lowest BCUT2D eigenvalue weighted by atomic mass is 9.94. The molecule has 0 amide bonds. The minimum Gasteiger partial charge on any atom is -0.384 e. The van der Waals surface area contributed by atoms with Gasteiger partial charge < -0.3 is 15.5 Å². The lowest BCUT2D eigenvalue weighted by Crippen LogP contribution is -2.25. The van der Waals surface area contributed by atoms with Crippen molar-refractivity contribution in [3.8, 4) is 11.1 Å². The van der Waals surface area contributed by atoms with Gasteiger partial charge in [-0.2, -0.15) is 0 Å². The third-order valence-electron chi connectivity index (χ3n) is 6.64. The molecule has 1 aromatic carbocycles. The average Bonchev–Trinajstić information content (AvgIpc) is 3.39. The number of likely N-dealkylation sites (N-methyl/N-ethyl adjacent to an activating group) is 1. The van der Waals surface area contributed by atoms with E-state index in [0.29, 0.717) is 0 Å². The molecule has 0 atom stereocenters. The maximum absolute atomic E-state index is 4.54. The van der Waals surface area contributed by atoms with E-state index >= 15 is 0 Å². The number of hydrogen-bond acceptors (Lipinski definition) is 5. The molecule has 1 fully saturated rings. The summed E-state index contributed by atoms with van der Waals surface area (Å²) in [6, 6.07) is 8.77. The predicted molar refractivity (Wildman–Crippen MR) is 159 cm³/mol. The van der Waals surface area contributed by atoms with Crippen molar-refractivity contribution in [2.24, 2.45) is 0 Å². The number of nitrogens with one attached hydrogen (secondary N) is 2. The Hall–Kier alpha value is -3.41. The van der Waals surface area contributed by atoms with Crippen molar-refractivity contribution in [2.45, 2.75) is 33.2 Å². The number of aromatic nitrogens is 1. The Bertz CT molecular complexity index is 1170. The molecule has 0 radical (unpaired) electrons. The van der Waals surface area contributed by atoms with Crippen LogP contribution in [0, 0.1) is 6.92 Å². The number of aryl methyl sites for hydroxylation is 1. The summed E-state index contributed by atoms with van der Waals surface area (Å²) in [6.07, 6.45) is 12.5. The van der Waals surface area contributed by atoms with E-state index in [9.17, 15) is 0 Å². The van der Waals surface area contributed by atoms with E-state index < -0.39 is 0 Å². The number of benzene rings is 1. The van der Waals surface area contributed by atoms with Crippen molar-refractivity contribution in [2.75, 3.05) is 40.3 Å². The molecule has 1 aliphatic heterocycles. The van der Waals surface area contributed by atoms with E-state index in [-0.39, 0.29) is 0 Å². The first-order chi connectivity index (χ1) is 17.8. The molecule has 1 aromatic heterocycles. The second-order valence-electron chi connectivity index (χ2n) is 10.0. The summed E-state index contributed by atoms with van der Waals surface area (Å²) >= 11 is 0. The van der Waals surface area contributed by atoms with E-state index in [2.05, 4.69) is 90.4 Å². The van der Waals surface area contributed by atoms with Crippen LogP contribution in [0.1, 0.15) is 36.5 Å². The summed E-state index contributed by atoms with van der Waals surface area (Å²) in [7, 11) is 4.11. The van der Waals surface area contributed by atoms with Crippen molar-refractivity contribution in [1.82, 2.24) is 25.4 Å². The largest absolute Gasteiger partial charge is 0.384 e. The minimum atomic E-state index is 0.769. The number of allylic oxidation sites excluding steroid dienone is 4. The number of likely N-dealkylation sites (tertiary alicyclic amines) is 1. The Balaban J connectivity index is 1.68. The highest BCUT2D eigenvalue weighted by Gasteiger charge is 2.13. The molecule has 3 rings (SSSR count). The monoisotopic (exact) mass is 497 g/mol. The highest BCUT2D eigenvalue weighted by molar-refractivity contribution is 5.81. The molecule has 0 unspecified atom stereocenters. The molecule has 2 N–H and O–H groups in total. The van der Waals surface area contributed by atoms with Gasteiger partial charge in [0.1, 0.15) is 0 Å². The number of pyridine rings is 1. The standard InChI is InChI=1S/C32H43N5/c1-8-31(14-12-25(3)34-15-18-36(6)7)35-27(5)26(4)32-20-29(13-11-24(32)2)30-19-28(21-33-22-30)23-37-16-9-10-17-37/h8,11-14,19-22,34-35H,3-5,9-10,15-18,23H2,1-2,6-7H3/b14-12-,31-8+. The summed E-state index contributed by atoms with van der Waals surface area (Å²) in [4.78, 5) is 9.18. The molecular weight excluding hydrogens is 454 g/mol. The summed E-state index contributed by atoms with van der Waals surface area (Å²) < 4.78 is 0. The Kier molecular flexibility index (Phi) is 10.5. The van der Waals surface area contributed by atoms with Crippen LogP contribution in [0.4, 0.5) is 0 Å². The van der Waals surface area contributed by atoms with E-state index in [0.717, 1.165) is 64.6 Å². The van der Waals surface area contributed by atoms with Crippen LogP contribution in [-0.2, 0) is 6.54 Å². The number of hydrogen-bond donors (Lipinski definition) is 2. The topological polar surface area (TPSA) is 43.4 Å². The zero-order valence-corrected chi connectivity index (χ0v) is 23.1. The van der Waals surface area contributed by atoms with Crippen LogP contribution >= 0.6 is 0 Å². The molecule has 5 heteroatoms. The van der Waals surface area contributed by atoms with Crippen LogP contribution in [0.5, 0.6) is 0 Å². The normalized spacial score (nSPS) is 14.4. The van der Waals surface area contributed by atoms with Crippen LogP contribution in [-0.4, -0.2) is 55.1 Å². The zero-order valence-electron chi connectivity index (χ0n) is 23.1. The molecule has 5 nitrogen and oxygen atoms in total. The Morgan fingerprint density at radius 2 is 1.81 bits per heavy atom. The fraction of sp³-hybridized carbons (Fsp3) is 0.344. The first-order valence-electron chi connectivity index (χ1n) is 13.1. The van der Waals surface area contributed by atoms with Gasteiger partial charge in [-0.25, -0.2) is 0 Å². The van der Waals surface area contributed by atoms with Crippen molar-refractivity contribution in [1.29, 1.82) is 0 Å². The van der Waals surface area contributed by atoms with Crippen molar-refractivity contribution < 1.29 is 0 Å². The molecule has 0 aliphatic carbocycles. The van der Waals surface area contributed by atoms with Crippen LogP contribution in [0.3, 0.4) is 0 Å². The second kappa shape index (κ2) is 13.8. The quantitative estimate of drug-likeness (QED) is 0.338.